The van der Waals surface area contributed by atoms with Crippen LogP contribution in [-0.2, 0) is 6.54 Å². The summed E-state index contributed by atoms with van der Waals surface area (Å²) in [6.45, 7) is 4.32. The van der Waals surface area contributed by atoms with E-state index in [2.05, 4.69) is 11.0 Å². The Hall–Kier alpha value is -1.37. The third-order valence-electron chi connectivity index (χ3n) is 2.99. The predicted octanol–water partition coefficient (Wildman–Crippen LogP) is 1.51. The van der Waals surface area contributed by atoms with Crippen LogP contribution in [-0.4, -0.2) is 28.7 Å². The Morgan fingerprint density at radius 2 is 2.38 bits per heavy atom. The molecule has 1 N–H and O–H groups in total. The van der Waals surface area contributed by atoms with E-state index in [9.17, 15) is 5.11 Å². The zero-order valence-electron chi connectivity index (χ0n) is 9.48. The molecule has 3 heteroatoms. The van der Waals surface area contributed by atoms with Crippen LogP contribution in [0.1, 0.15) is 24.5 Å². The van der Waals surface area contributed by atoms with E-state index in [1.54, 1.807) is 0 Å². The average molecular weight is 216 g/mol. The van der Waals surface area contributed by atoms with Crippen molar-refractivity contribution >= 4 is 0 Å². The highest BCUT2D eigenvalue weighted by Gasteiger charge is 2.30. The van der Waals surface area contributed by atoms with Gasteiger partial charge in [-0.05, 0) is 31.0 Å². The van der Waals surface area contributed by atoms with Crippen molar-refractivity contribution in [2.75, 3.05) is 13.1 Å². The summed E-state index contributed by atoms with van der Waals surface area (Å²) in [7, 11) is 0. The van der Waals surface area contributed by atoms with Crippen LogP contribution in [0.5, 0.6) is 0 Å². The number of nitrogens with zero attached hydrogens (tertiary/aromatic N) is 2. The second kappa shape index (κ2) is 4.25. The summed E-state index contributed by atoms with van der Waals surface area (Å²) in [5.74, 6) is 0. The number of benzene rings is 1. The molecular formula is C13H16N2O. The molecule has 1 aromatic carbocycles. The number of hydrogen-bond donors (Lipinski definition) is 1. The van der Waals surface area contributed by atoms with Crippen molar-refractivity contribution in [2.24, 2.45) is 0 Å². The number of β-amino-alcohol motifs (C(OH)–C–C–N with tert-alkyl or cyclic N) is 1. The van der Waals surface area contributed by atoms with Crippen molar-refractivity contribution in [3.63, 3.8) is 0 Å². The lowest BCUT2D eigenvalue weighted by molar-refractivity contribution is 0.0679. The monoisotopic (exact) mass is 216 g/mol. The van der Waals surface area contributed by atoms with Gasteiger partial charge < -0.3 is 5.11 Å². The maximum atomic E-state index is 9.85. The molecule has 84 valence electrons. The SMILES string of the molecule is CC1(O)CCN(Cc2cccc(C#N)c2)C1. The molecule has 1 aromatic rings. The maximum Gasteiger partial charge on any atom is 0.0991 e. The van der Waals surface area contributed by atoms with Crippen molar-refractivity contribution in [1.82, 2.24) is 4.90 Å². The quantitative estimate of drug-likeness (QED) is 0.815. The first-order valence-electron chi connectivity index (χ1n) is 5.53. The molecule has 1 saturated heterocycles. The molecule has 1 heterocycles. The predicted molar refractivity (Wildman–Crippen MR) is 61.7 cm³/mol. The fourth-order valence-corrected chi connectivity index (χ4v) is 2.17. The van der Waals surface area contributed by atoms with E-state index in [-0.39, 0.29) is 0 Å². The molecule has 1 aliphatic heterocycles. The highest BCUT2D eigenvalue weighted by atomic mass is 16.3. The van der Waals surface area contributed by atoms with E-state index < -0.39 is 5.60 Å². The number of aliphatic hydroxyl groups is 1. The minimum atomic E-state index is -0.549. The highest BCUT2D eigenvalue weighted by Crippen LogP contribution is 2.22. The maximum absolute atomic E-state index is 9.85. The van der Waals surface area contributed by atoms with Gasteiger partial charge in [-0.25, -0.2) is 0 Å². The van der Waals surface area contributed by atoms with Crippen molar-refractivity contribution in [3.8, 4) is 6.07 Å². The molecule has 0 radical (unpaired) electrons. The van der Waals surface area contributed by atoms with E-state index in [1.807, 2.05) is 31.2 Å². The Balaban J connectivity index is 2.02. The Morgan fingerprint density at radius 1 is 1.56 bits per heavy atom. The Labute approximate surface area is 95.9 Å². The second-order valence-electron chi connectivity index (χ2n) is 4.77. The molecule has 0 bridgehead atoms. The third-order valence-corrected chi connectivity index (χ3v) is 2.99. The van der Waals surface area contributed by atoms with Gasteiger partial charge in [0.2, 0.25) is 0 Å². The van der Waals surface area contributed by atoms with Crippen LogP contribution in [0.2, 0.25) is 0 Å². The largest absolute Gasteiger partial charge is 0.389 e. The van der Waals surface area contributed by atoms with Crippen LogP contribution in [0.3, 0.4) is 0 Å². The van der Waals surface area contributed by atoms with Gasteiger partial charge in [-0.15, -0.1) is 0 Å². The van der Waals surface area contributed by atoms with E-state index in [0.717, 1.165) is 25.1 Å². The zero-order chi connectivity index (χ0) is 11.6. The zero-order valence-corrected chi connectivity index (χ0v) is 9.48. The number of rotatable bonds is 2. The summed E-state index contributed by atoms with van der Waals surface area (Å²) in [4.78, 5) is 2.22. The molecule has 16 heavy (non-hydrogen) atoms. The molecule has 1 unspecified atom stereocenters. The van der Waals surface area contributed by atoms with Crippen LogP contribution in [0.25, 0.3) is 0 Å². The molecular weight excluding hydrogens is 200 g/mol. The first-order valence-corrected chi connectivity index (χ1v) is 5.53. The number of nitriles is 1. The molecule has 3 nitrogen and oxygen atoms in total. The third kappa shape index (κ3) is 2.60. The standard InChI is InChI=1S/C13H16N2O/c1-13(16)5-6-15(10-13)9-12-4-2-3-11(7-12)8-14/h2-4,7,16H,5-6,9-10H2,1H3. The minimum absolute atomic E-state index is 0.549. The summed E-state index contributed by atoms with van der Waals surface area (Å²) in [6, 6.07) is 9.79. The minimum Gasteiger partial charge on any atom is -0.389 e. The summed E-state index contributed by atoms with van der Waals surface area (Å²) in [5, 5.41) is 18.7. The molecule has 1 fully saturated rings. The molecule has 0 saturated carbocycles. The lowest BCUT2D eigenvalue weighted by Crippen LogP contribution is -2.29. The van der Waals surface area contributed by atoms with Gasteiger partial charge >= 0.3 is 0 Å². The molecule has 0 aliphatic carbocycles. The Morgan fingerprint density at radius 3 is 3.00 bits per heavy atom. The van der Waals surface area contributed by atoms with Crippen molar-refractivity contribution < 1.29 is 5.11 Å². The summed E-state index contributed by atoms with van der Waals surface area (Å²) in [6.07, 6.45) is 0.824. The normalized spacial score (nSPS) is 25.6. The Kier molecular flexibility index (Phi) is 2.95. The fourth-order valence-electron chi connectivity index (χ4n) is 2.17. The van der Waals surface area contributed by atoms with E-state index in [0.29, 0.717) is 12.1 Å². The van der Waals surface area contributed by atoms with E-state index >= 15 is 0 Å². The fraction of sp³-hybridized carbons (Fsp3) is 0.462. The van der Waals surface area contributed by atoms with Crippen molar-refractivity contribution in [3.05, 3.63) is 35.4 Å². The smallest absolute Gasteiger partial charge is 0.0991 e. The molecule has 1 atom stereocenters. The first kappa shape index (κ1) is 11.1. The van der Waals surface area contributed by atoms with Crippen molar-refractivity contribution in [1.29, 1.82) is 5.26 Å². The van der Waals surface area contributed by atoms with Gasteiger partial charge in [0.05, 0.1) is 17.2 Å². The average Bonchev–Trinajstić information content (AvgIpc) is 2.58. The lowest BCUT2D eigenvalue weighted by atomic mass is 10.1. The molecule has 0 amide bonds. The topological polar surface area (TPSA) is 47.3 Å². The van der Waals surface area contributed by atoms with Gasteiger partial charge in [0, 0.05) is 19.6 Å². The summed E-state index contributed by atoms with van der Waals surface area (Å²) >= 11 is 0. The van der Waals surface area contributed by atoms with Gasteiger partial charge in [0.25, 0.3) is 0 Å². The van der Waals surface area contributed by atoms with Gasteiger partial charge in [-0.2, -0.15) is 5.26 Å². The molecule has 2 rings (SSSR count). The first-order chi connectivity index (χ1) is 7.59. The summed E-state index contributed by atoms with van der Waals surface area (Å²) < 4.78 is 0. The van der Waals surface area contributed by atoms with E-state index in [4.69, 9.17) is 5.26 Å². The van der Waals surface area contributed by atoms with Crippen LogP contribution >= 0.6 is 0 Å². The number of likely N-dealkylation sites (tertiary alicyclic amines) is 1. The molecule has 1 aliphatic rings. The number of hydrogen-bond acceptors (Lipinski definition) is 3. The van der Waals surface area contributed by atoms with Crippen LogP contribution in [0, 0.1) is 11.3 Å². The second-order valence-corrected chi connectivity index (χ2v) is 4.77. The van der Waals surface area contributed by atoms with Gasteiger partial charge in [-0.1, -0.05) is 12.1 Å². The lowest BCUT2D eigenvalue weighted by Gasteiger charge is -2.18. The van der Waals surface area contributed by atoms with Gasteiger partial charge in [-0.3, -0.25) is 4.90 Å². The van der Waals surface area contributed by atoms with Crippen molar-refractivity contribution in [2.45, 2.75) is 25.5 Å². The highest BCUT2D eigenvalue weighted by molar-refractivity contribution is 5.32. The Bertz CT molecular complexity index is 420. The van der Waals surface area contributed by atoms with Crippen LogP contribution in [0.15, 0.2) is 24.3 Å². The molecule has 0 aromatic heterocycles. The van der Waals surface area contributed by atoms with Gasteiger partial charge in [0.15, 0.2) is 0 Å². The van der Waals surface area contributed by atoms with Crippen LogP contribution < -0.4 is 0 Å². The van der Waals surface area contributed by atoms with Crippen LogP contribution in [0.4, 0.5) is 0 Å². The van der Waals surface area contributed by atoms with Gasteiger partial charge in [0.1, 0.15) is 0 Å². The summed E-state index contributed by atoms with van der Waals surface area (Å²) in [5.41, 5.74) is 1.28. The van der Waals surface area contributed by atoms with E-state index in [1.165, 1.54) is 0 Å². The molecule has 0 spiro atoms.